The summed E-state index contributed by atoms with van der Waals surface area (Å²) in [6.45, 7) is 9.47. The number of nitrogens with zero attached hydrogens (tertiary/aromatic N) is 3. The number of nitrogens with one attached hydrogen (secondary N) is 1. The number of oxazole rings is 1. The van der Waals surface area contributed by atoms with Crippen molar-refractivity contribution in [3.63, 3.8) is 0 Å². The van der Waals surface area contributed by atoms with Crippen LogP contribution in [0.5, 0.6) is 0 Å². The fraction of sp³-hybridized carbons (Fsp3) is 0.333. The Labute approximate surface area is 187 Å². The lowest BCUT2D eigenvalue weighted by atomic mass is 10.1. The van der Waals surface area contributed by atoms with E-state index in [9.17, 15) is 4.79 Å². The number of aromatic nitrogens is 1. The predicted octanol–water partition coefficient (Wildman–Crippen LogP) is 4.51. The molecule has 0 bridgehead atoms. The van der Waals surface area contributed by atoms with Gasteiger partial charge in [0.1, 0.15) is 6.26 Å². The second-order valence-corrected chi connectivity index (χ2v) is 8.49. The molecule has 1 saturated heterocycles. The van der Waals surface area contributed by atoms with Crippen LogP contribution in [-0.2, 0) is 13.1 Å². The van der Waals surface area contributed by atoms with E-state index in [-0.39, 0.29) is 11.6 Å². The number of halogens is 1. The van der Waals surface area contributed by atoms with Crippen molar-refractivity contribution in [1.29, 1.82) is 0 Å². The van der Waals surface area contributed by atoms with Crippen LogP contribution in [0.2, 0.25) is 5.02 Å². The van der Waals surface area contributed by atoms with Gasteiger partial charge in [0, 0.05) is 43.4 Å². The van der Waals surface area contributed by atoms with E-state index in [0.29, 0.717) is 23.1 Å². The number of hydrogen-bond donors (Lipinski definition) is 1. The number of carbonyl (C=O) groups is 1. The first-order valence-corrected chi connectivity index (χ1v) is 10.9. The van der Waals surface area contributed by atoms with Crippen LogP contribution in [0, 0.1) is 13.8 Å². The van der Waals surface area contributed by atoms with E-state index in [1.807, 2.05) is 19.1 Å². The predicted molar refractivity (Wildman–Crippen MR) is 122 cm³/mol. The first kappa shape index (κ1) is 21.6. The Kier molecular flexibility index (Phi) is 6.70. The average Bonchev–Trinajstić information content (AvgIpc) is 3.22. The molecule has 0 aliphatic carbocycles. The molecule has 7 heteroatoms. The number of amides is 1. The molecule has 162 valence electrons. The monoisotopic (exact) mass is 438 g/mol. The molecule has 2 heterocycles. The van der Waals surface area contributed by atoms with Crippen LogP contribution in [0.15, 0.2) is 53.1 Å². The van der Waals surface area contributed by atoms with Gasteiger partial charge in [-0.15, -0.1) is 0 Å². The molecule has 6 nitrogen and oxygen atoms in total. The highest BCUT2D eigenvalue weighted by molar-refractivity contribution is 6.31. The number of carbonyl (C=O) groups excluding carboxylic acids is 1. The van der Waals surface area contributed by atoms with E-state index in [0.717, 1.165) is 38.3 Å². The summed E-state index contributed by atoms with van der Waals surface area (Å²) >= 11 is 6.12. The fourth-order valence-corrected chi connectivity index (χ4v) is 3.78. The highest BCUT2D eigenvalue weighted by atomic mass is 35.5. The molecule has 1 N–H and O–H groups in total. The van der Waals surface area contributed by atoms with Gasteiger partial charge >= 0.3 is 0 Å². The maximum Gasteiger partial charge on any atom is 0.277 e. The molecule has 0 atom stereocenters. The first-order chi connectivity index (χ1) is 15.0. The summed E-state index contributed by atoms with van der Waals surface area (Å²) in [5, 5.41) is 3.42. The zero-order chi connectivity index (χ0) is 21.8. The Hall–Kier alpha value is -2.67. The van der Waals surface area contributed by atoms with Gasteiger partial charge in [-0.2, -0.15) is 0 Å². The van der Waals surface area contributed by atoms with Gasteiger partial charge in [-0.3, -0.25) is 14.6 Å². The van der Waals surface area contributed by atoms with Gasteiger partial charge < -0.3 is 9.73 Å². The second kappa shape index (κ2) is 9.64. The SMILES string of the molecule is Cc1ccc(CN2CCN(Cc3nc(C(=O)Nc4ccc(C)c(Cl)c4)co3)CC2)cc1. The van der Waals surface area contributed by atoms with Crippen molar-refractivity contribution >= 4 is 23.2 Å². The number of rotatable bonds is 6. The molecule has 1 fully saturated rings. The lowest BCUT2D eigenvalue weighted by Crippen LogP contribution is -2.45. The van der Waals surface area contributed by atoms with E-state index in [4.69, 9.17) is 16.0 Å². The van der Waals surface area contributed by atoms with Crippen molar-refractivity contribution in [2.45, 2.75) is 26.9 Å². The topological polar surface area (TPSA) is 61.6 Å². The second-order valence-electron chi connectivity index (χ2n) is 8.08. The summed E-state index contributed by atoms with van der Waals surface area (Å²) in [6, 6.07) is 14.1. The van der Waals surface area contributed by atoms with Gasteiger partial charge in [-0.25, -0.2) is 4.98 Å². The maximum absolute atomic E-state index is 12.5. The van der Waals surface area contributed by atoms with Crippen LogP contribution in [0.4, 0.5) is 5.69 Å². The quantitative estimate of drug-likeness (QED) is 0.613. The zero-order valence-electron chi connectivity index (χ0n) is 17.9. The summed E-state index contributed by atoms with van der Waals surface area (Å²) in [6.07, 6.45) is 1.41. The van der Waals surface area contributed by atoms with Crippen molar-refractivity contribution < 1.29 is 9.21 Å². The van der Waals surface area contributed by atoms with Crippen molar-refractivity contribution in [3.05, 3.63) is 82.0 Å². The Morgan fingerprint density at radius 3 is 2.39 bits per heavy atom. The third-order valence-corrected chi connectivity index (χ3v) is 5.97. The largest absolute Gasteiger partial charge is 0.447 e. The summed E-state index contributed by atoms with van der Waals surface area (Å²) in [5.41, 5.74) is 4.49. The maximum atomic E-state index is 12.5. The molecular formula is C24H27ClN4O2. The van der Waals surface area contributed by atoms with E-state index in [2.05, 4.69) is 51.3 Å². The third-order valence-electron chi connectivity index (χ3n) is 5.56. The van der Waals surface area contributed by atoms with Crippen LogP contribution in [-0.4, -0.2) is 46.9 Å². The van der Waals surface area contributed by atoms with Crippen LogP contribution >= 0.6 is 11.6 Å². The lowest BCUT2D eigenvalue weighted by Gasteiger charge is -2.34. The number of hydrogen-bond acceptors (Lipinski definition) is 5. The molecule has 1 aliphatic rings. The average molecular weight is 439 g/mol. The third kappa shape index (κ3) is 5.73. The van der Waals surface area contributed by atoms with E-state index in [1.54, 1.807) is 6.07 Å². The number of piperazine rings is 1. The van der Waals surface area contributed by atoms with Crippen LogP contribution < -0.4 is 5.32 Å². The summed E-state index contributed by atoms with van der Waals surface area (Å²) < 4.78 is 5.55. The number of aryl methyl sites for hydroxylation is 2. The highest BCUT2D eigenvalue weighted by Gasteiger charge is 2.20. The minimum atomic E-state index is -0.308. The van der Waals surface area contributed by atoms with Crippen LogP contribution in [0.25, 0.3) is 0 Å². The number of anilines is 1. The van der Waals surface area contributed by atoms with Gasteiger partial charge in [0.25, 0.3) is 5.91 Å². The van der Waals surface area contributed by atoms with Gasteiger partial charge in [0.15, 0.2) is 5.69 Å². The van der Waals surface area contributed by atoms with Crippen LogP contribution in [0.3, 0.4) is 0 Å². The van der Waals surface area contributed by atoms with Crippen molar-refractivity contribution in [3.8, 4) is 0 Å². The normalized spacial score (nSPS) is 15.2. The summed E-state index contributed by atoms with van der Waals surface area (Å²) in [5.74, 6) is 0.247. The molecule has 2 aromatic carbocycles. The number of benzene rings is 2. The highest BCUT2D eigenvalue weighted by Crippen LogP contribution is 2.20. The molecule has 0 unspecified atom stereocenters. The molecule has 3 aromatic rings. The molecule has 1 amide bonds. The van der Waals surface area contributed by atoms with E-state index in [1.165, 1.54) is 17.4 Å². The van der Waals surface area contributed by atoms with Crippen molar-refractivity contribution in [2.24, 2.45) is 0 Å². The molecule has 1 aromatic heterocycles. The standard InChI is InChI=1S/C24H27ClN4O2/c1-17-3-6-19(7-4-17)14-28-9-11-29(12-10-28)15-23-27-22(16-31-23)24(30)26-20-8-5-18(2)21(25)13-20/h3-8,13,16H,9-12,14-15H2,1-2H3,(H,26,30). The van der Waals surface area contributed by atoms with Crippen molar-refractivity contribution in [2.75, 3.05) is 31.5 Å². The lowest BCUT2D eigenvalue weighted by molar-refractivity contribution is 0.102. The van der Waals surface area contributed by atoms with Gasteiger partial charge in [0.2, 0.25) is 5.89 Å². The summed E-state index contributed by atoms with van der Waals surface area (Å²) in [4.78, 5) is 21.6. The molecule has 0 spiro atoms. The van der Waals surface area contributed by atoms with Gasteiger partial charge in [-0.05, 0) is 37.1 Å². The Balaban J connectivity index is 1.26. The molecule has 0 saturated carbocycles. The molecular weight excluding hydrogens is 412 g/mol. The molecule has 31 heavy (non-hydrogen) atoms. The van der Waals surface area contributed by atoms with Crippen molar-refractivity contribution in [1.82, 2.24) is 14.8 Å². The molecule has 4 rings (SSSR count). The Morgan fingerprint density at radius 1 is 1.03 bits per heavy atom. The minimum Gasteiger partial charge on any atom is -0.447 e. The van der Waals surface area contributed by atoms with Crippen LogP contribution in [0.1, 0.15) is 33.1 Å². The molecule has 1 aliphatic heterocycles. The van der Waals surface area contributed by atoms with Gasteiger partial charge in [-0.1, -0.05) is 47.5 Å². The Morgan fingerprint density at radius 2 is 1.71 bits per heavy atom. The minimum absolute atomic E-state index is 0.268. The van der Waals surface area contributed by atoms with Gasteiger partial charge in [0.05, 0.1) is 6.54 Å². The molecule has 0 radical (unpaired) electrons. The smallest absolute Gasteiger partial charge is 0.277 e. The summed E-state index contributed by atoms with van der Waals surface area (Å²) in [7, 11) is 0. The Bertz CT molecular complexity index is 1040. The first-order valence-electron chi connectivity index (χ1n) is 10.5. The van der Waals surface area contributed by atoms with E-state index < -0.39 is 0 Å². The fourth-order valence-electron chi connectivity index (χ4n) is 3.60. The van der Waals surface area contributed by atoms with E-state index >= 15 is 0 Å². The zero-order valence-corrected chi connectivity index (χ0v) is 18.7.